The van der Waals surface area contributed by atoms with Crippen LogP contribution in [-0.2, 0) is 49.0 Å². The molecule has 5 rings (SSSR count). The Kier molecular flexibility index (Phi) is 9.71. The highest BCUT2D eigenvalue weighted by molar-refractivity contribution is 5.91. The number of aliphatic hydroxyl groups is 2. The van der Waals surface area contributed by atoms with Gasteiger partial charge in [0.2, 0.25) is 5.60 Å². The number of carbonyl (C=O) groups excluding carboxylic acids is 3. The van der Waals surface area contributed by atoms with Gasteiger partial charge in [0.25, 0.3) is 5.56 Å². The van der Waals surface area contributed by atoms with Gasteiger partial charge >= 0.3 is 18.0 Å². The van der Waals surface area contributed by atoms with Crippen LogP contribution in [0.1, 0.15) is 69.7 Å². The fourth-order valence-electron chi connectivity index (χ4n) is 5.86. The van der Waals surface area contributed by atoms with Crippen LogP contribution < -0.4 is 15.6 Å². The average molecular weight is 652 g/mol. The minimum absolute atomic E-state index is 0.0194. The molecule has 252 valence electrons. The summed E-state index contributed by atoms with van der Waals surface area (Å²) < 4.78 is 23.7. The summed E-state index contributed by atoms with van der Waals surface area (Å²) in [7, 11) is 0. The van der Waals surface area contributed by atoms with E-state index in [4.69, 9.17) is 29.0 Å². The zero-order chi connectivity index (χ0) is 34.1. The molecule has 2 atom stereocenters. The number of aromatic nitrogens is 2. The summed E-state index contributed by atoms with van der Waals surface area (Å²) in [5.74, 6) is -0.724. The highest BCUT2D eigenvalue weighted by atomic mass is 16.6. The number of nitrogens with zero attached hydrogens (tertiary/aromatic N) is 2. The number of alkyl carbamates (subject to hydrolysis) is 1. The van der Waals surface area contributed by atoms with Crippen molar-refractivity contribution < 1.29 is 43.5 Å². The van der Waals surface area contributed by atoms with Crippen LogP contribution in [0.5, 0.6) is 5.75 Å². The lowest BCUT2D eigenvalue weighted by molar-refractivity contribution is -0.172. The molecule has 0 saturated heterocycles. The average Bonchev–Trinajstić information content (AvgIpc) is 3.40. The number of amides is 1. The topological polar surface area (TPSA) is 176 Å². The van der Waals surface area contributed by atoms with Crippen molar-refractivity contribution in [2.75, 3.05) is 26.4 Å². The molecule has 0 saturated carbocycles. The number of benzene rings is 1. The second-order valence-electron chi connectivity index (χ2n) is 12.7. The van der Waals surface area contributed by atoms with Gasteiger partial charge in [0.1, 0.15) is 18.5 Å². The first-order valence-electron chi connectivity index (χ1n) is 15.8. The van der Waals surface area contributed by atoms with E-state index < -0.39 is 35.8 Å². The van der Waals surface area contributed by atoms with Crippen molar-refractivity contribution in [1.82, 2.24) is 14.9 Å². The van der Waals surface area contributed by atoms with Crippen LogP contribution in [0.4, 0.5) is 4.79 Å². The number of hydrogen-bond donors (Lipinski definition) is 3. The molecule has 0 aliphatic carbocycles. The number of carbonyl (C=O) groups is 3. The molecule has 0 fully saturated rings. The molecule has 0 bridgehead atoms. The molecule has 3 aromatic rings. The zero-order valence-electron chi connectivity index (χ0n) is 27.3. The molecular formula is C34H41N3O10. The Morgan fingerprint density at radius 1 is 1.17 bits per heavy atom. The van der Waals surface area contributed by atoms with Gasteiger partial charge in [-0.25, -0.2) is 14.6 Å². The van der Waals surface area contributed by atoms with Gasteiger partial charge in [-0.05, 0) is 69.9 Å². The highest BCUT2D eigenvalue weighted by Crippen LogP contribution is 2.42. The van der Waals surface area contributed by atoms with E-state index in [1.165, 1.54) is 0 Å². The first-order chi connectivity index (χ1) is 22.3. The third kappa shape index (κ3) is 6.47. The Morgan fingerprint density at radius 3 is 2.62 bits per heavy atom. The summed E-state index contributed by atoms with van der Waals surface area (Å²) in [4.78, 5) is 57.7. The number of esters is 2. The fourth-order valence-corrected chi connectivity index (χ4v) is 5.86. The molecule has 1 aromatic carbocycles. The Bertz CT molecular complexity index is 1780. The lowest BCUT2D eigenvalue weighted by Gasteiger charge is -2.35. The number of cyclic esters (lactones) is 1. The van der Waals surface area contributed by atoms with Gasteiger partial charge in [-0.15, -0.1) is 0 Å². The second kappa shape index (κ2) is 13.4. The van der Waals surface area contributed by atoms with Gasteiger partial charge in [0.05, 0.1) is 47.6 Å². The van der Waals surface area contributed by atoms with Gasteiger partial charge in [-0.1, -0.05) is 13.8 Å². The van der Waals surface area contributed by atoms with Crippen molar-refractivity contribution in [3.8, 4) is 17.1 Å². The molecule has 47 heavy (non-hydrogen) atoms. The van der Waals surface area contributed by atoms with Crippen molar-refractivity contribution in [2.45, 2.75) is 78.7 Å². The van der Waals surface area contributed by atoms with E-state index in [9.17, 15) is 24.3 Å². The summed E-state index contributed by atoms with van der Waals surface area (Å²) in [6, 6.07) is 6.97. The fraction of sp³-hybridized carbons (Fsp3) is 0.500. The van der Waals surface area contributed by atoms with Gasteiger partial charge in [-0.2, -0.15) is 0 Å². The van der Waals surface area contributed by atoms with Crippen LogP contribution >= 0.6 is 0 Å². The minimum atomic E-state index is -1.85. The first kappa shape index (κ1) is 34.0. The van der Waals surface area contributed by atoms with Crippen molar-refractivity contribution in [3.63, 3.8) is 0 Å². The van der Waals surface area contributed by atoms with Crippen LogP contribution in [0.25, 0.3) is 22.3 Å². The molecule has 4 heterocycles. The monoisotopic (exact) mass is 651 g/mol. The van der Waals surface area contributed by atoms with Crippen LogP contribution in [0.3, 0.4) is 0 Å². The standard InChI is InChI=1S/C34H41N3O10/c1-6-21-22-13-20(46-30(41)33(3,4)5)9-10-26(22)36-28-23(21)15-37-27(28)14-25-24(29(37)40)18-45-31(42)34(25,7-2)47-32(43)35-11-8-12-44-17-19(39)16-38/h9-10,13-14,19,38-39H,6-8,11-12,15-18H2,1-5H3,(H,35,43)/t19?,34-/m0/s1. The zero-order valence-corrected chi connectivity index (χ0v) is 27.3. The highest BCUT2D eigenvalue weighted by Gasteiger charge is 2.50. The molecule has 2 aromatic heterocycles. The number of aliphatic hydroxyl groups excluding tert-OH is 2. The summed E-state index contributed by atoms with van der Waals surface area (Å²) in [5.41, 5.74) is 1.15. The number of aryl methyl sites for hydroxylation is 1. The van der Waals surface area contributed by atoms with E-state index >= 15 is 0 Å². The molecule has 1 unspecified atom stereocenters. The number of rotatable bonds is 11. The van der Waals surface area contributed by atoms with Crippen molar-refractivity contribution >= 4 is 28.9 Å². The summed E-state index contributed by atoms with van der Waals surface area (Å²) >= 11 is 0. The predicted octanol–water partition coefficient (Wildman–Crippen LogP) is 3.09. The molecule has 0 spiro atoms. The summed E-state index contributed by atoms with van der Waals surface area (Å²) in [6.07, 6.45) is -0.817. The van der Waals surface area contributed by atoms with Crippen molar-refractivity contribution in [3.05, 3.63) is 56.9 Å². The normalized spacial score (nSPS) is 17.4. The van der Waals surface area contributed by atoms with Gasteiger partial charge in [-0.3, -0.25) is 9.59 Å². The van der Waals surface area contributed by atoms with E-state index in [0.717, 1.165) is 16.5 Å². The third-order valence-electron chi connectivity index (χ3n) is 8.44. The smallest absolute Gasteiger partial charge is 0.408 e. The van der Waals surface area contributed by atoms with Crippen LogP contribution in [0.2, 0.25) is 0 Å². The van der Waals surface area contributed by atoms with Crippen LogP contribution in [-0.4, -0.2) is 70.3 Å². The number of ether oxygens (including phenoxy) is 4. The molecule has 1 amide bonds. The largest absolute Gasteiger partial charge is 0.457 e. The van der Waals surface area contributed by atoms with E-state index in [0.29, 0.717) is 35.5 Å². The number of fused-ring (bicyclic) bond motifs is 5. The Balaban J connectivity index is 1.47. The quantitative estimate of drug-likeness (QED) is 0.123. The lowest BCUT2D eigenvalue weighted by atomic mass is 9.85. The Labute approximate surface area is 271 Å². The van der Waals surface area contributed by atoms with E-state index in [2.05, 4.69) is 5.32 Å². The van der Waals surface area contributed by atoms with Gasteiger partial charge < -0.3 is 39.0 Å². The molecule has 2 aliphatic rings. The van der Waals surface area contributed by atoms with E-state index in [1.807, 2.05) is 6.92 Å². The van der Waals surface area contributed by atoms with E-state index in [-0.39, 0.29) is 62.0 Å². The van der Waals surface area contributed by atoms with Crippen LogP contribution in [0.15, 0.2) is 29.1 Å². The van der Waals surface area contributed by atoms with Crippen LogP contribution in [0, 0.1) is 5.41 Å². The number of pyridine rings is 2. The first-order valence-corrected chi connectivity index (χ1v) is 15.8. The Morgan fingerprint density at radius 2 is 1.94 bits per heavy atom. The van der Waals surface area contributed by atoms with Crippen molar-refractivity contribution in [1.29, 1.82) is 0 Å². The summed E-state index contributed by atoms with van der Waals surface area (Å²) in [5, 5.41) is 21.6. The maximum Gasteiger partial charge on any atom is 0.408 e. The summed E-state index contributed by atoms with van der Waals surface area (Å²) in [6.45, 7) is 8.95. The SMILES string of the molecule is CCc1c2c(nc3ccc(OC(=O)C(C)(C)C)cc13)-c1cc3c(c(=O)n1C2)COC(=O)[C@@]3(CC)OC(=O)NCCCOCC(O)CO. The molecule has 2 aliphatic heterocycles. The second-order valence-corrected chi connectivity index (χ2v) is 12.7. The number of hydrogen-bond acceptors (Lipinski definition) is 11. The van der Waals surface area contributed by atoms with E-state index in [1.54, 1.807) is 56.5 Å². The number of nitrogens with one attached hydrogen (secondary N) is 1. The minimum Gasteiger partial charge on any atom is -0.457 e. The maximum absolute atomic E-state index is 14.0. The maximum atomic E-state index is 14.0. The molecule has 13 nitrogen and oxygen atoms in total. The molecule has 3 N–H and O–H groups in total. The van der Waals surface area contributed by atoms with Gasteiger partial charge in [0.15, 0.2) is 0 Å². The molecule has 13 heteroatoms. The third-order valence-corrected chi connectivity index (χ3v) is 8.44. The van der Waals surface area contributed by atoms with Crippen molar-refractivity contribution in [2.24, 2.45) is 5.41 Å². The van der Waals surface area contributed by atoms with Gasteiger partial charge in [0, 0.05) is 29.7 Å². The lowest BCUT2D eigenvalue weighted by Crippen LogP contribution is -2.49. The molecular weight excluding hydrogens is 610 g/mol. The predicted molar refractivity (Wildman–Crippen MR) is 170 cm³/mol. The Hall–Kier alpha value is -4.33. The molecule has 0 radical (unpaired) electrons.